The molecule has 0 aliphatic rings. The monoisotopic (exact) mass is 364 g/mol. The molecule has 0 aromatic heterocycles. The molecule has 0 fully saturated rings. The van der Waals surface area contributed by atoms with Gasteiger partial charge in [-0.05, 0) is 40.8 Å². The molecule has 5 nitrogen and oxygen atoms in total. The van der Waals surface area contributed by atoms with Crippen LogP contribution in [0, 0.1) is 17.0 Å². The first kappa shape index (κ1) is 19.0. The zero-order valence-electron chi connectivity index (χ0n) is 15.6. The van der Waals surface area contributed by atoms with Gasteiger partial charge in [-0.2, -0.15) is 0 Å². The maximum atomic E-state index is 11.1. The Bertz CT molecular complexity index is 934. The molecule has 3 aromatic rings. The van der Waals surface area contributed by atoms with Gasteiger partial charge in [-0.3, -0.25) is 10.1 Å². The molecule has 3 aromatic carbocycles. The van der Waals surface area contributed by atoms with E-state index in [0.29, 0.717) is 13.2 Å². The third-order valence-corrected chi connectivity index (χ3v) is 4.89. The SMILES string of the molecule is COCCC(NCc1cc([N+](=O)[O-])ccc1C)c1cccc2ccccc12. The highest BCUT2D eigenvalue weighted by Crippen LogP contribution is 2.27. The molecule has 0 saturated heterocycles. The summed E-state index contributed by atoms with van der Waals surface area (Å²) in [6, 6.07) is 19.7. The van der Waals surface area contributed by atoms with E-state index in [2.05, 4.69) is 35.6 Å². The number of rotatable bonds is 8. The first-order chi connectivity index (χ1) is 13.1. The van der Waals surface area contributed by atoms with Gasteiger partial charge in [0.2, 0.25) is 0 Å². The summed E-state index contributed by atoms with van der Waals surface area (Å²) in [7, 11) is 1.70. The molecule has 1 N–H and O–H groups in total. The van der Waals surface area contributed by atoms with Gasteiger partial charge in [0.15, 0.2) is 0 Å². The van der Waals surface area contributed by atoms with Crippen LogP contribution in [-0.2, 0) is 11.3 Å². The molecule has 3 rings (SSSR count). The van der Waals surface area contributed by atoms with Crippen LogP contribution in [-0.4, -0.2) is 18.6 Å². The highest BCUT2D eigenvalue weighted by atomic mass is 16.6. The van der Waals surface area contributed by atoms with E-state index in [1.807, 2.05) is 19.1 Å². The summed E-state index contributed by atoms with van der Waals surface area (Å²) in [5, 5.41) is 17.1. The van der Waals surface area contributed by atoms with Gasteiger partial charge in [0, 0.05) is 38.4 Å². The molecule has 0 amide bonds. The van der Waals surface area contributed by atoms with Crippen molar-refractivity contribution >= 4 is 16.5 Å². The minimum Gasteiger partial charge on any atom is -0.385 e. The number of nitro groups is 1. The predicted molar refractivity (Wildman–Crippen MR) is 108 cm³/mol. The van der Waals surface area contributed by atoms with Crippen molar-refractivity contribution in [2.24, 2.45) is 0 Å². The number of hydrogen-bond donors (Lipinski definition) is 1. The minimum absolute atomic E-state index is 0.0923. The van der Waals surface area contributed by atoms with Crippen LogP contribution < -0.4 is 5.32 Å². The Balaban J connectivity index is 1.88. The lowest BCUT2D eigenvalue weighted by Gasteiger charge is -2.21. The Labute approximate surface area is 159 Å². The van der Waals surface area contributed by atoms with Crippen molar-refractivity contribution in [2.45, 2.75) is 25.9 Å². The number of hydrogen-bond acceptors (Lipinski definition) is 4. The predicted octanol–water partition coefficient (Wildman–Crippen LogP) is 4.92. The molecule has 0 radical (unpaired) electrons. The fourth-order valence-electron chi connectivity index (χ4n) is 3.35. The summed E-state index contributed by atoms with van der Waals surface area (Å²) in [4.78, 5) is 10.7. The Hall–Kier alpha value is -2.76. The van der Waals surface area contributed by atoms with E-state index in [0.717, 1.165) is 17.5 Å². The third kappa shape index (κ3) is 4.51. The number of non-ortho nitro benzene ring substituents is 1. The maximum absolute atomic E-state index is 11.1. The average molecular weight is 364 g/mol. The third-order valence-electron chi connectivity index (χ3n) is 4.89. The Morgan fingerprint density at radius 2 is 1.89 bits per heavy atom. The van der Waals surface area contributed by atoms with Gasteiger partial charge in [0.1, 0.15) is 0 Å². The van der Waals surface area contributed by atoms with Crippen LogP contribution in [0.25, 0.3) is 10.8 Å². The molecule has 0 aliphatic heterocycles. The summed E-state index contributed by atoms with van der Waals surface area (Å²) in [6.45, 7) is 3.17. The molecule has 0 aliphatic carbocycles. The molecule has 27 heavy (non-hydrogen) atoms. The van der Waals surface area contributed by atoms with Gasteiger partial charge in [-0.15, -0.1) is 0 Å². The quantitative estimate of drug-likeness (QED) is 0.455. The Morgan fingerprint density at radius 3 is 2.67 bits per heavy atom. The Kier molecular flexibility index (Phi) is 6.16. The lowest BCUT2D eigenvalue weighted by atomic mass is 9.96. The van der Waals surface area contributed by atoms with Gasteiger partial charge in [0.25, 0.3) is 5.69 Å². The normalized spacial score (nSPS) is 12.2. The fourth-order valence-corrected chi connectivity index (χ4v) is 3.35. The zero-order chi connectivity index (χ0) is 19.2. The number of nitrogens with one attached hydrogen (secondary N) is 1. The van der Waals surface area contributed by atoms with Crippen molar-refractivity contribution in [3.8, 4) is 0 Å². The lowest BCUT2D eigenvalue weighted by Crippen LogP contribution is -2.23. The van der Waals surface area contributed by atoms with Crippen LogP contribution in [0.5, 0.6) is 0 Å². The molecule has 1 unspecified atom stereocenters. The number of aryl methyl sites for hydroxylation is 1. The van der Waals surface area contributed by atoms with Crippen molar-refractivity contribution in [3.63, 3.8) is 0 Å². The number of fused-ring (bicyclic) bond motifs is 1. The topological polar surface area (TPSA) is 64.4 Å². The number of methoxy groups -OCH3 is 1. The summed E-state index contributed by atoms with van der Waals surface area (Å²) in [6.07, 6.45) is 0.818. The second-order valence-corrected chi connectivity index (χ2v) is 6.65. The van der Waals surface area contributed by atoms with Crippen molar-refractivity contribution in [1.29, 1.82) is 0 Å². The van der Waals surface area contributed by atoms with Crippen LogP contribution in [0.4, 0.5) is 5.69 Å². The highest BCUT2D eigenvalue weighted by Gasteiger charge is 2.15. The molecule has 5 heteroatoms. The Morgan fingerprint density at radius 1 is 1.11 bits per heavy atom. The smallest absolute Gasteiger partial charge is 0.269 e. The van der Waals surface area contributed by atoms with Crippen molar-refractivity contribution in [1.82, 2.24) is 5.32 Å². The van der Waals surface area contributed by atoms with Crippen LogP contribution in [0.1, 0.15) is 29.2 Å². The first-order valence-electron chi connectivity index (χ1n) is 9.04. The number of ether oxygens (including phenoxy) is 1. The number of nitrogens with zero attached hydrogens (tertiary/aromatic N) is 1. The summed E-state index contributed by atoms with van der Waals surface area (Å²) >= 11 is 0. The fraction of sp³-hybridized carbons (Fsp3) is 0.273. The van der Waals surface area contributed by atoms with Gasteiger partial charge < -0.3 is 10.1 Å². The van der Waals surface area contributed by atoms with Crippen LogP contribution in [0.3, 0.4) is 0 Å². The maximum Gasteiger partial charge on any atom is 0.269 e. The van der Waals surface area contributed by atoms with Crippen LogP contribution in [0.15, 0.2) is 60.7 Å². The second kappa shape index (κ2) is 8.75. The first-order valence-corrected chi connectivity index (χ1v) is 9.04. The van der Waals surface area contributed by atoms with Crippen molar-refractivity contribution < 1.29 is 9.66 Å². The van der Waals surface area contributed by atoms with E-state index >= 15 is 0 Å². The van der Waals surface area contributed by atoms with E-state index in [4.69, 9.17) is 4.74 Å². The molecule has 0 bridgehead atoms. The number of nitro benzene ring substituents is 1. The molecule has 1 atom stereocenters. The zero-order valence-corrected chi connectivity index (χ0v) is 15.6. The molecule has 140 valence electrons. The summed E-state index contributed by atoms with van der Waals surface area (Å²) < 4.78 is 5.30. The van der Waals surface area contributed by atoms with E-state index in [9.17, 15) is 10.1 Å². The van der Waals surface area contributed by atoms with Crippen molar-refractivity contribution in [3.05, 3.63) is 87.5 Å². The highest BCUT2D eigenvalue weighted by molar-refractivity contribution is 5.86. The largest absolute Gasteiger partial charge is 0.385 e. The lowest BCUT2D eigenvalue weighted by molar-refractivity contribution is -0.384. The number of benzene rings is 3. The van der Waals surface area contributed by atoms with Crippen molar-refractivity contribution in [2.75, 3.05) is 13.7 Å². The van der Waals surface area contributed by atoms with Gasteiger partial charge in [0.05, 0.1) is 4.92 Å². The van der Waals surface area contributed by atoms with Gasteiger partial charge >= 0.3 is 0 Å². The van der Waals surface area contributed by atoms with E-state index in [-0.39, 0.29) is 16.7 Å². The summed E-state index contributed by atoms with van der Waals surface area (Å²) in [5.74, 6) is 0. The standard InChI is InChI=1S/C22H24N2O3/c1-16-10-11-19(24(25)26)14-18(16)15-23-22(12-13-27-2)21-9-5-7-17-6-3-4-8-20(17)21/h3-11,14,22-23H,12-13,15H2,1-2H3. The van der Waals surface area contributed by atoms with E-state index < -0.39 is 0 Å². The van der Waals surface area contributed by atoms with Gasteiger partial charge in [-0.1, -0.05) is 48.5 Å². The average Bonchev–Trinajstić information content (AvgIpc) is 2.69. The van der Waals surface area contributed by atoms with E-state index in [1.54, 1.807) is 25.3 Å². The molecule has 0 heterocycles. The molecule has 0 spiro atoms. The summed E-state index contributed by atoms with van der Waals surface area (Å²) in [5.41, 5.74) is 3.31. The molecular weight excluding hydrogens is 340 g/mol. The van der Waals surface area contributed by atoms with Gasteiger partial charge in [-0.25, -0.2) is 0 Å². The second-order valence-electron chi connectivity index (χ2n) is 6.65. The molecule has 0 saturated carbocycles. The van der Waals surface area contributed by atoms with Crippen LogP contribution >= 0.6 is 0 Å². The minimum atomic E-state index is -0.351. The van der Waals surface area contributed by atoms with E-state index in [1.165, 1.54) is 16.3 Å². The van der Waals surface area contributed by atoms with Crippen LogP contribution in [0.2, 0.25) is 0 Å². The molecular formula is C22H24N2O3.